The van der Waals surface area contributed by atoms with Crippen LogP contribution in [0.15, 0.2) is 42.5 Å². The van der Waals surface area contributed by atoms with Gasteiger partial charge in [-0.25, -0.2) is 8.78 Å². The van der Waals surface area contributed by atoms with Crippen molar-refractivity contribution < 1.29 is 18.3 Å². The minimum Gasteiger partial charge on any atom is -0.486 e. The van der Waals surface area contributed by atoms with Crippen LogP contribution in [0.4, 0.5) is 8.78 Å². The van der Waals surface area contributed by atoms with Gasteiger partial charge >= 0.3 is 0 Å². The predicted molar refractivity (Wildman–Crippen MR) is 71.5 cm³/mol. The average Bonchev–Trinajstić information content (AvgIpc) is 2.45. The second-order valence-electron chi connectivity index (χ2n) is 4.36. The normalized spacial score (nSPS) is 10.3. The van der Waals surface area contributed by atoms with E-state index in [1.54, 1.807) is 0 Å². The molecular formula is C16H14F2O2. The molecule has 0 amide bonds. The molecule has 20 heavy (non-hydrogen) atoms. The molecule has 0 saturated heterocycles. The highest BCUT2D eigenvalue weighted by molar-refractivity contribution is 5.51. The zero-order chi connectivity index (χ0) is 14.4. The molecule has 0 aromatic heterocycles. The Kier molecular flexibility index (Phi) is 4.82. The van der Waals surface area contributed by atoms with Gasteiger partial charge in [0.25, 0.3) is 0 Å². The van der Waals surface area contributed by atoms with Crippen LogP contribution in [0.2, 0.25) is 0 Å². The molecule has 0 fully saturated rings. The first-order valence-corrected chi connectivity index (χ1v) is 6.29. The summed E-state index contributed by atoms with van der Waals surface area (Å²) in [7, 11) is 0. The summed E-state index contributed by atoms with van der Waals surface area (Å²) in [5.41, 5.74) is 1.25. The molecule has 0 heterocycles. The van der Waals surface area contributed by atoms with Crippen molar-refractivity contribution in [2.24, 2.45) is 0 Å². The first kappa shape index (κ1) is 14.2. The second kappa shape index (κ2) is 6.80. The third-order valence-electron chi connectivity index (χ3n) is 2.84. The van der Waals surface area contributed by atoms with Crippen LogP contribution in [-0.4, -0.2) is 6.29 Å². The molecule has 2 aromatic carbocycles. The van der Waals surface area contributed by atoms with Crippen molar-refractivity contribution in [3.05, 3.63) is 65.2 Å². The summed E-state index contributed by atoms with van der Waals surface area (Å²) in [6.45, 7) is 0.192. The number of rotatable bonds is 6. The van der Waals surface area contributed by atoms with Crippen molar-refractivity contribution in [3.8, 4) is 5.75 Å². The smallest absolute Gasteiger partial charge is 0.168 e. The first-order chi connectivity index (χ1) is 9.70. The van der Waals surface area contributed by atoms with Crippen LogP contribution in [0, 0.1) is 11.6 Å². The van der Waals surface area contributed by atoms with Crippen LogP contribution in [0.5, 0.6) is 5.75 Å². The Morgan fingerprint density at radius 1 is 1.10 bits per heavy atom. The van der Waals surface area contributed by atoms with Crippen molar-refractivity contribution >= 4 is 6.29 Å². The summed E-state index contributed by atoms with van der Waals surface area (Å²) in [6.07, 6.45) is 1.16. The highest BCUT2D eigenvalue weighted by atomic mass is 19.1. The van der Waals surface area contributed by atoms with Crippen molar-refractivity contribution in [1.29, 1.82) is 0 Å². The van der Waals surface area contributed by atoms with E-state index in [0.717, 1.165) is 11.6 Å². The maximum absolute atomic E-state index is 13.8. The summed E-state index contributed by atoms with van der Waals surface area (Å²) in [5.74, 6) is -1.41. The maximum atomic E-state index is 13.8. The third-order valence-corrected chi connectivity index (χ3v) is 2.84. The molecule has 0 aliphatic heterocycles. The van der Waals surface area contributed by atoms with Crippen molar-refractivity contribution in [3.63, 3.8) is 0 Å². The van der Waals surface area contributed by atoms with Gasteiger partial charge in [-0.1, -0.05) is 30.3 Å². The van der Waals surface area contributed by atoms with Crippen LogP contribution in [0.1, 0.15) is 17.5 Å². The molecule has 4 heteroatoms. The summed E-state index contributed by atoms with van der Waals surface area (Å²) in [5, 5.41) is 0. The minimum absolute atomic E-state index is 0.0112. The molecule has 0 saturated carbocycles. The maximum Gasteiger partial charge on any atom is 0.168 e. The van der Waals surface area contributed by atoms with E-state index < -0.39 is 11.6 Å². The standard InChI is InChI=1S/C16H14F2O2/c17-14-9-13(7-4-8-19)16(15(18)10-14)20-11-12-5-2-1-3-6-12/h1-3,5-6,8-10H,4,7,11H2. The van der Waals surface area contributed by atoms with Gasteiger partial charge in [-0.15, -0.1) is 0 Å². The lowest BCUT2D eigenvalue weighted by Crippen LogP contribution is -2.02. The fourth-order valence-corrected chi connectivity index (χ4v) is 1.91. The van der Waals surface area contributed by atoms with Gasteiger partial charge in [-0.3, -0.25) is 0 Å². The van der Waals surface area contributed by atoms with Crippen LogP contribution < -0.4 is 4.74 Å². The van der Waals surface area contributed by atoms with Crippen molar-refractivity contribution in [2.75, 3.05) is 0 Å². The fourth-order valence-electron chi connectivity index (χ4n) is 1.91. The molecule has 0 bridgehead atoms. The molecule has 2 aromatic rings. The molecule has 0 N–H and O–H groups in total. The van der Waals surface area contributed by atoms with Gasteiger partial charge in [0, 0.05) is 18.1 Å². The van der Waals surface area contributed by atoms with Gasteiger partial charge in [0.05, 0.1) is 0 Å². The molecule has 0 aliphatic rings. The third kappa shape index (κ3) is 3.63. The zero-order valence-corrected chi connectivity index (χ0v) is 10.8. The number of hydrogen-bond acceptors (Lipinski definition) is 2. The Bertz CT molecular complexity index is 583. The van der Waals surface area contributed by atoms with Gasteiger partial charge < -0.3 is 9.53 Å². The molecular weight excluding hydrogens is 262 g/mol. The Balaban J connectivity index is 2.18. The van der Waals surface area contributed by atoms with Crippen molar-refractivity contribution in [1.82, 2.24) is 0 Å². The lowest BCUT2D eigenvalue weighted by atomic mass is 10.1. The van der Waals surface area contributed by atoms with E-state index in [1.165, 1.54) is 6.07 Å². The van der Waals surface area contributed by atoms with E-state index in [9.17, 15) is 13.6 Å². The largest absolute Gasteiger partial charge is 0.486 e. The Hall–Kier alpha value is -2.23. The Labute approximate surface area is 116 Å². The van der Waals surface area contributed by atoms with Gasteiger partial charge in [0.2, 0.25) is 0 Å². The lowest BCUT2D eigenvalue weighted by Gasteiger charge is -2.12. The molecule has 2 rings (SSSR count). The minimum atomic E-state index is -0.748. The second-order valence-corrected chi connectivity index (χ2v) is 4.36. The topological polar surface area (TPSA) is 26.3 Å². The Morgan fingerprint density at radius 3 is 2.55 bits per heavy atom. The van der Waals surface area contributed by atoms with Crippen molar-refractivity contribution in [2.45, 2.75) is 19.4 Å². The summed E-state index contributed by atoms with van der Waals surface area (Å²) >= 11 is 0. The Morgan fingerprint density at radius 2 is 1.85 bits per heavy atom. The first-order valence-electron chi connectivity index (χ1n) is 6.29. The van der Waals surface area contributed by atoms with E-state index in [2.05, 4.69) is 0 Å². The van der Waals surface area contributed by atoms with Gasteiger partial charge in [0.1, 0.15) is 18.7 Å². The van der Waals surface area contributed by atoms with E-state index in [0.29, 0.717) is 11.8 Å². The lowest BCUT2D eigenvalue weighted by molar-refractivity contribution is -0.107. The highest BCUT2D eigenvalue weighted by Crippen LogP contribution is 2.26. The predicted octanol–water partition coefficient (Wildman–Crippen LogP) is 3.68. The molecule has 0 spiro atoms. The highest BCUT2D eigenvalue weighted by Gasteiger charge is 2.13. The van der Waals surface area contributed by atoms with Gasteiger partial charge in [-0.05, 0) is 18.1 Å². The van der Waals surface area contributed by atoms with Gasteiger partial charge in [0.15, 0.2) is 11.6 Å². The molecule has 2 nitrogen and oxygen atoms in total. The zero-order valence-electron chi connectivity index (χ0n) is 10.8. The van der Waals surface area contributed by atoms with E-state index in [4.69, 9.17) is 4.74 Å². The quantitative estimate of drug-likeness (QED) is 0.752. The van der Waals surface area contributed by atoms with E-state index in [-0.39, 0.29) is 25.2 Å². The van der Waals surface area contributed by atoms with Gasteiger partial charge in [-0.2, -0.15) is 0 Å². The number of halogens is 2. The molecule has 0 radical (unpaired) electrons. The molecule has 0 aliphatic carbocycles. The van der Waals surface area contributed by atoms with Crippen LogP contribution >= 0.6 is 0 Å². The number of ether oxygens (including phenoxy) is 1. The fraction of sp³-hybridized carbons (Fsp3) is 0.188. The molecule has 0 atom stereocenters. The monoisotopic (exact) mass is 276 g/mol. The number of hydrogen-bond donors (Lipinski definition) is 0. The van der Waals surface area contributed by atoms with Crippen LogP contribution in [0.25, 0.3) is 0 Å². The van der Waals surface area contributed by atoms with E-state index >= 15 is 0 Å². The average molecular weight is 276 g/mol. The van der Waals surface area contributed by atoms with E-state index in [1.807, 2.05) is 30.3 Å². The molecule has 104 valence electrons. The van der Waals surface area contributed by atoms with Crippen LogP contribution in [0.3, 0.4) is 0 Å². The number of carbonyl (C=O) groups is 1. The number of carbonyl (C=O) groups excluding carboxylic acids is 1. The summed E-state index contributed by atoms with van der Waals surface area (Å²) < 4.78 is 32.5. The number of aryl methyl sites for hydroxylation is 1. The number of benzene rings is 2. The summed E-state index contributed by atoms with van der Waals surface area (Å²) in [6, 6.07) is 11.3. The van der Waals surface area contributed by atoms with Crippen LogP contribution in [-0.2, 0) is 17.8 Å². The number of aldehydes is 1. The summed E-state index contributed by atoms with van der Waals surface area (Å²) in [4.78, 5) is 10.4. The molecule has 0 unspecified atom stereocenters. The SMILES string of the molecule is O=CCCc1cc(F)cc(F)c1OCc1ccccc1.